The van der Waals surface area contributed by atoms with E-state index in [-0.39, 0.29) is 0 Å². The first kappa shape index (κ1) is 16.4. The molecule has 0 radical (unpaired) electrons. The van der Waals surface area contributed by atoms with E-state index in [0.29, 0.717) is 16.0 Å². The van der Waals surface area contributed by atoms with E-state index in [1.165, 1.54) is 31.2 Å². The molecular formula is C19H25Cl2N. The van der Waals surface area contributed by atoms with Crippen LogP contribution in [0.2, 0.25) is 10.0 Å². The van der Waals surface area contributed by atoms with Gasteiger partial charge in [-0.2, -0.15) is 0 Å². The van der Waals surface area contributed by atoms with Crippen LogP contribution < -0.4 is 0 Å². The molecule has 4 rings (SSSR count). The molecule has 1 aromatic rings. The van der Waals surface area contributed by atoms with Gasteiger partial charge in [-0.25, -0.2) is 0 Å². The minimum absolute atomic E-state index is 0.650. The van der Waals surface area contributed by atoms with Gasteiger partial charge in [0.1, 0.15) is 0 Å². The van der Waals surface area contributed by atoms with E-state index in [4.69, 9.17) is 23.2 Å². The lowest BCUT2D eigenvalue weighted by Crippen LogP contribution is -2.34. The zero-order chi connectivity index (χ0) is 15.7. The summed E-state index contributed by atoms with van der Waals surface area (Å²) >= 11 is 12.4. The average molecular weight is 338 g/mol. The lowest BCUT2D eigenvalue weighted by molar-refractivity contribution is 0.271. The van der Waals surface area contributed by atoms with Crippen molar-refractivity contribution in [1.82, 2.24) is 4.90 Å². The van der Waals surface area contributed by atoms with Crippen LogP contribution in [-0.2, 0) is 0 Å². The monoisotopic (exact) mass is 337 g/mol. The standard InChI is InChI=1S/C19H25Cl2N/c1-3-22(4-2)12-16-13-5-7-14(8-6-13)19(16)15-9-10-17(20)18(21)11-15/h9-11,13-14H,3-8,12H2,1-2H3. The third-order valence-corrected chi connectivity index (χ3v) is 6.23. The Morgan fingerprint density at radius 1 is 0.955 bits per heavy atom. The van der Waals surface area contributed by atoms with Crippen LogP contribution in [0.3, 0.4) is 0 Å². The van der Waals surface area contributed by atoms with E-state index < -0.39 is 0 Å². The molecule has 1 aromatic carbocycles. The molecule has 1 saturated carbocycles. The smallest absolute Gasteiger partial charge is 0.0598 e. The van der Waals surface area contributed by atoms with Crippen LogP contribution >= 0.6 is 23.2 Å². The summed E-state index contributed by atoms with van der Waals surface area (Å²) in [6.45, 7) is 7.86. The average Bonchev–Trinajstić information content (AvgIpc) is 2.56. The van der Waals surface area contributed by atoms with Gasteiger partial charge in [0.15, 0.2) is 0 Å². The zero-order valence-electron chi connectivity index (χ0n) is 13.5. The molecule has 0 heterocycles. The van der Waals surface area contributed by atoms with Crippen molar-refractivity contribution >= 4 is 28.8 Å². The minimum atomic E-state index is 0.650. The van der Waals surface area contributed by atoms with Gasteiger partial charge in [0.25, 0.3) is 0 Å². The molecule has 0 spiro atoms. The predicted octanol–water partition coefficient (Wildman–Crippen LogP) is 5.91. The summed E-state index contributed by atoms with van der Waals surface area (Å²) in [5.74, 6) is 1.49. The van der Waals surface area contributed by atoms with Crippen molar-refractivity contribution in [3.8, 4) is 0 Å². The van der Waals surface area contributed by atoms with Crippen molar-refractivity contribution in [2.45, 2.75) is 39.5 Å². The first-order valence-electron chi connectivity index (χ1n) is 8.54. The van der Waals surface area contributed by atoms with Gasteiger partial charge in [-0.05, 0) is 79.5 Å². The summed E-state index contributed by atoms with van der Waals surface area (Å²) < 4.78 is 0. The Morgan fingerprint density at radius 3 is 2.18 bits per heavy atom. The van der Waals surface area contributed by atoms with Crippen molar-refractivity contribution in [3.05, 3.63) is 39.4 Å². The van der Waals surface area contributed by atoms with Crippen LogP contribution in [-0.4, -0.2) is 24.5 Å². The maximum absolute atomic E-state index is 6.28. The van der Waals surface area contributed by atoms with Crippen molar-refractivity contribution in [1.29, 1.82) is 0 Å². The largest absolute Gasteiger partial charge is 0.300 e. The molecular weight excluding hydrogens is 313 g/mol. The number of fused-ring (bicyclic) bond motifs is 2. The van der Waals surface area contributed by atoms with Gasteiger partial charge < -0.3 is 0 Å². The highest BCUT2D eigenvalue weighted by Gasteiger charge is 2.35. The Balaban J connectivity index is 2.03. The van der Waals surface area contributed by atoms with Crippen LogP contribution in [0.25, 0.3) is 5.57 Å². The first-order chi connectivity index (χ1) is 10.6. The van der Waals surface area contributed by atoms with Gasteiger partial charge in [0.2, 0.25) is 0 Å². The molecule has 3 heteroatoms. The molecule has 1 fully saturated rings. The fourth-order valence-corrected chi connectivity index (χ4v) is 4.50. The second kappa shape index (κ2) is 6.95. The molecule has 0 amide bonds. The number of rotatable bonds is 5. The molecule has 0 saturated heterocycles. The van der Waals surface area contributed by atoms with Gasteiger partial charge in [0, 0.05) is 6.54 Å². The Kier molecular flexibility index (Phi) is 5.17. The fraction of sp³-hybridized carbons (Fsp3) is 0.579. The molecule has 0 unspecified atom stereocenters. The maximum atomic E-state index is 6.28. The highest BCUT2D eigenvalue weighted by Crippen LogP contribution is 2.49. The number of hydrogen-bond donors (Lipinski definition) is 0. The SMILES string of the molecule is CCN(CC)CC1=C(c2ccc(Cl)c(Cl)c2)C2CCC1CC2. The minimum Gasteiger partial charge on any atom is -0.300 e. The number of halogens is 2. The Morgan fingerprint density at radius 2 is 1.59 bits per heavy atom. The van der Waals surface area contributed by atoms with Crippen LogP contribution in [0.5, 0.6) is 0 Å². The number of benzene rings is 1. The van der Waals surface area contributed by atoms with Crippen molar-refractivity contribution < 1.29 is 0 Å². The van der Waals surface area contributed by atoms with E-state index in [1.54, 1.807) is 11.1 Å². The number of likely N-dealkylation sites (N-methyl/N-ethyl adjacent to an activating group) is 1. The molecule has 0 aromatic heterocycles. The second-order valence-corrected chi connectivity index (χ2v) is 7.39. The summed E-state index contributed by atoms with van der Waals surface area (Å²) in [6.07, 6.45) is 5.40. The number of hydrogen-bond acceptors (Lipinski definition) is 1. The predicted molar refractivity (Wildman–Crippen MR) is 96.6 cm³/mol. The molecule has 0 N–H and O–H groups in total. The quantitative estimate of drug-likeness (QED) is 0.645. The van der Waals surface area contributed by atoms with Gasteiger partial charge >= 0.3 is 0 Å². The third-order valence-electron chi connectivity index (χ3n) is 5.49. The summed E-state index contributed by atoms with van der Waals surface area (Å²) in [4.78, 5) is 2.54. The Hall–Kier alpha value is -0.500. The second-order valence-electron chi connectivity index (χ2n) is 6.58. The maximum Gasteiger partial charge on any atom is 0.0598 e. The Labute approximate surface area is 144 Å². The van der Waals surface area contributed by atoms with Gasteiger partial charge in [-0.3, -0.25) is 4.90 Å². The molecule has 1 nitrogen and oxygen atoms in total. The van der Waals surface area contributed by atoms with E-state index in [9.17, 15) is 0 Å². The Bertz CT molecular complexity index is 567. The van der Waals surface area contributed by atoms with Gasteiger partial charge in [-0.15, -0.1) is 0 Å². The molecule has 0 atom stereocenters. The summed E-state index contributed by atoms with van der Waals surface area (Å²) in [6, 6.07) is 6.18. The number of nitrogens with zero attached hydrogens (tertiary/aromatic N) is 1. The molecule has 3 aliphatic carbocycles. The third kappa shape index (κ3) is 3.09. The normalized spacial score (nSPS) is 24.4. The molecule has 3 aliphatic rings. The van der Waals surface area contributed by atoms with Crippen LogP contribution in [0.4, 0.5) is 0 Å². The fourth-order valence-electron chi connectivity index (χ4n) is 4.20. The molecule has 22 heavy (non-hydrogen) atoms. The van der Waals surface area contributed by atoms with E-state index in [2.05, 4.69) is 30.9 Å². The number of allylic oxidation sites excluding steroid dienone is 1. The summed E-state index contributed by atoms with van der Waals surface area (Å²) in [5, 5.41) is 1.33. The van der Waals surface area contributed by atoms with Crippen molar-refractivity contribution in [3.63, 3.8) is 0 Å². The van der Waals surface area contributed by atoms with Crippen LogP contribution in [0.15, 0.2) is 23.8 Å². The van der Waals surface area contributed by atoms with E-state index in [1.807, 2.05) is 6.07 Å². The molecule has 120 valence electrons. The topological polar surface area (TPSA) is 3.24 Å². The van der Waals surface area contributed by atoms with Gasteiger partial charge in [-0.1, -0.05) is 43.1 Å². The van der Waals surface area contributed by atoms with E-state index >= 15 is 0 Å². The summed E-state index contributed by atoms with van der Waals surface area (Å²) in [7, 11) is 0. The molecule has 0 aliphatic heterocycles. The lowest BCUT2D eigenvalue weighted by atomic mass is 9.65. The van der Waals surface area contributed by atoms with Gasteiger partial charge in [0.05, 0.1) is 10.0 Å². The van der Waals surface area contributed by atoms with Crippen LogP contribution in [0.1, 0.15) is 45.1 Å². The van der Waals surface area contributed by atoms with Crippen molar-refractivity contribution in [2.75, 3.05) is 19.6 Å². The highest BCUT2D eigenvalue weighted by atomic mass is 35.5. The molecule has 2 bridgehead atoms. The summed E-state index contributed by atoms with van der Waals surface area (Å²) in [5.41, 5.74) is 4.54. The van der Waals surface area contributed by atoms with Crippen molar-refractivity contribution in [2.24, 2.45) is 11.8 Å². The zero-order valence-corrected chi connectivity index (χ0v) is 15.1. The highest BCUT2D eigenvalue weighted by molar-refractivity contribution is 6.42. The first-order valence-corrected chi connectivity index (χ1v) is 9.30. The van der Waals surface area contributed by atoms with E-state index in [0.717, 1.165) is 25.6 Å². The lowest BCUT2D eigenvalue weighted by Gasteiger charge is -2.42. The van der Waals surface area contributed by atoms with Crippen LogP contribution in [0, 0.1) is 11.8 Å².